The average Bonchev–Trinajstić information content (AvgIpc) is 2.37. The third-order valence-corrected chi connectivity index (χ3v) is 2.50. The van der Waals surface area contributed by atoms with Gasteiger partial charge in [0.2, 0.25) is 0 Å². The Morgan fingerprint density at radius 2 is 1.90 bits per heavy atom. The quantitative estimate of drug-likeness (QED) is 0.612. The molecule has 1 unspecified atom stereocenters. The lowest BCUT2D eigenvalue weighted by molar-refractivity contribution is -0.142. The number of aliphatic imine (C=N–C) groups is 1. The van der Waals surface area contributed by atoms with Gasteiger partial charge in [-0.2, -0.15) is 0 Å². The molecule has 0 aliphatic heterocycles. The molecular weight excluding hydrogens is 262 g/mol. The van der Waals surface area contributed by atoms with Crippen LogP contribution in [0.4, 0.5) is 0 Å². The number of rotatable bonds is 6. The number of carboxylic acids is 1. The first-order valence-corrected chi connectivity index (χ1v) is 6.14. The molecule has 0 amide bonds. The molecule has 0 spiro atoms. The Balaban J connectivity index is 2.89. The van der Waals surface area contributed by atoms with Crippen molar-refractivity contribution >= 4 is 17.7 Å². The van der Waals surface area contributed by atoms with Crippen LogP contribution in [-0.4, -0.2) is 34.5 Å². The monoisotopic (exact) mass is 279 g/mol. The summed E-state index contributed by atoms with van der Waals surface area (Å²) in [6.07, 6.45) is -0.0459. The van der Waals surface area contributed by atoms with E-state index in [4.69, 9.17) is 4.74 Å². The zero-order chi connectivity index (χ0) is 15.1. The summed E-state index contributed by atoms with van der Waals surface area (Å²) in [6.45, 7) is 3.54. The fraction of sp³-hybridized carbons (Fsp3) is 0.357. The molecule has 0 aromatic heterocycles. The fourth-order valence-corrected chi connectivity index (χ4v) is 1.62. The number of carboxylic acid groups (broad SMARTS) is 1. The summed E-state index contributed by atoms with van der Waals surface area (Å²) in [5, 5.41) is 18.4. The zero-order valence-corrected chi connectivity index (χ0v) is 11.4. The van der Waals surface area contributed by atoms with Crippen molar-refractivity contribution in [2.45, 2.75) is 26.3 Å². The summed E-state index contributed by atoms with van der Waals surface area (Å²) < 4.78 is 4.78. The van der Waals surface area contributed by atoms with Gasteiger partial charge in [0.05, 0.1) is 13.0 Å². The van der Waals surface area contributed by atoms with Crippen molar-refractivity contribution in [1.82, 2.24) is 0 Å². The number of ether oxygens (including phenoxy) is 1. The minimum atomic E-state index is -1.13. The predicted molar refractivity (Wildman–Crippen MR) is 72.8 cm³/mol. The molecule has 2 N–H and O–H groups in total. The van der Waals surface area contributed by atoms with Gasteiger partial charge in [0.25, 0.3) is 0 Å². The summed E-state index contributed by atoms with van der Waals surface area (Å²) in [4.78, 5) is 26.6. The smallest absolute Gasteiger partial charge is 0.333 e. The molecule has 1 aromatic carbocycles. The molecule has 20 heavy (non-hydrogen) atoms. The summed E-state index contributed by atoms with van der Waals surface area (Å²) >= 11 is 0. The highest BCUT2D eigenvalue weighted by Gasteiger charge is 2.19. The number of phenols is 1. The molecule has 1 rings (SSSR count). The van der Waals surface area contributed by atoms with E-state index in [1.54, 1.807) is 13.8 Å². The zero-order valence-electron chi connectivity index (χ0n) is 11.4. The Hall–Kier alpha value is -2.37. The van der Waals surface area contributed by atoms with Crippen molar-refractivity contribution in [3.05, 3.63) is 29.8 Å². The van der Waals surface area contributed by atoms with Crippen LogP contribution in [0.1, 0.15) is 31.9 Å². The number of aromatic hydroxyl groups is 1. The van der Waals surface area contributed by atoms with Gasteiger partial charge in [-0.15, -0.1) is 0 Å². The Kier molecular flexibility index (Phi) is 5.71. The van der Waals surface area contributed by atoms with Crippen LogP contribution in [0.5, 0.6) is 5.75 Å². The first-order valence-electron chi connectivity index (χ1n) is 6.14. The third-order valence-electron chi connectivity index (χ3n) is 2.50. The summed E-state index contributed by atoms with van der Waals surface area (Å²) in [7, 11) is 0. The molecule has 0 aliphatic rings. The van der Waals surface area contributed by atoms with E-state index in [1.165, 1.54) is 24.3 Å². The van der Waals surface area contributed by atoms with Gasteiger partial charge in [0.15, 0.2) is 6.04 Å². The molecule has 1 aromatic rings. The number of carbonyl (C=O) groups is 2. The van der Waals surface area contributed by atoms with Gasteiger partial charge in [0.1, 0.15) is 5.75 Å². The number of nitrogens with zero attached hydrogens (tertiary/aromatic N) is 1. The van der Waals surface area contributed by atoms with Crippen molar-refractivity contribution in [2.75, 3.05) is 6.61 Å². The van der Waals surface area contributed by atoms with Gasteiger partial charge in [-0.25, -0.2) is 4.79 Å². The predicted octanol–water partition coefficient (Wildman–Crippen LogP) is 1.93. The van der Waals surface area contributed by atoms with Gasteiger partial charge < -0.3 is 14.9 Å². The Bertz CT molecular complexity index is 507. The van der Waals surface area contributed by atoms with Crippen molar-refractivity contribution in [3.63, 3.8) is 0 Å². The summed E-state index contributed by atoms with van der Waals surface area (Å²) in [6, 6.07) is 4.64. The molecule has 0 saturated carbocycles. The van der Waals surface area contributed by atoms with Crippen molar-refractivity contribution in [3.8, 4) is 5.75 Å². The standard InChI is InChI=1S/C14H17NO5/c1-3-20-12(17)8-9(2)15-13(14(18)19)10-4-6-11(16)7-5-10/h4-7,13,16H,3,8H2,1-2H3,(H,18,19). The van der Waals surface area contributed by atoms with E-state index in [1.807, 2.05) is 0 Å². The largest absolute Gasteiger partial charge is 0.508 e. The highest BCUT2D eigenvalue weighted by atomic mass is 16.5. The normalized spacial score (nSPS) is 12.8. The Labute approximate surface area is 116 Å². The van der Waals surface area contributed by atoms with Crippen LogP contribution in [0.3, 0.4) is 0 Å². The lowest BCUT2D eigenvalue weighted by atomic mass is 10.1. The number of phenolic OH excluding ortho intramolecular Hbond substituents is 1. The molecule has 0 aliphatic carbocycles. The number of esters is 1. The highest BCUT2D eigenvalue weighted by Crippen LogP contribution is 2.21. The molecule has 0 radical (unpaired) electrons. The van der Waals surface area contributed by atoms with E-state index in [0.29, 0.717) is 11.3 Å². The lowest BCUT2D eigenvalue weighted by Gasteiger charge is -2.10. The maximum Gasteiger partial charge on any atom is 0.333 e. The lowest BCUT2D eigenvalue weighted by Crippen LogP contribution is -2.14. The summed E-state index contributed by atoms with van der Waals surface area (Å²) in [5.74, 6) is -1.52. The first kappa shape index (κ1) is 15.7. The molecule has 6 nitrogen and oxygen atoms in total. The van der Waals surface area contributed by atoms with Gasteiger partial charge in [-0.05, 0) is 31.5 Å². The van der Waals surface area contributed by atoms with E-state index in [-0.39, 0.29) is 18.8 Å². The summed E-state index contributed by atoms with van der Waals surface area (Å²) in [5.41, 5.74) is 0.808. The number of hydrogen-bond acceptors (Lipinski definition) is 5. The molecule has 0 fully saturated rings. The second-order valence-corrected chi connectivity index (χ2v) is 4.18. The Morgan fingerprint density at radius 1 is 1.30 bits per heavy atom. The number of benzene rings is 1. The molecule has 0 bridgehead atoms. The molecule has 1 atom stereocenters. The molecule has 0 heterocycles. The van der Waals surface area contributed by atoms with E-state index in [9.17, 15) is 19.8 Å². The first-order chi connectivity index (χ1) is 9.43. The van der Waals surface area contributed by atoms with Crippen LogP contribution >= 0.6 is 0 Å². The van der Waals surface area contributed by atoms with Crippen molar-refractivity contribution < 1.29 is 24.5 Å². The van der Waals surface area contributed by atoms with Gasteiger partial charge in [0, 0.05) is 5.71 Å². The second kappa shape index (κ2) is 7.28. The van der Waals surface area contributed by atoms with Crippen LogP contribution in [-0.2, 0) is 14.3 Å². The van der Waals surface area contributed by atoms with Crippen LogP contribution < -0.4 is 0 Å². The van der Waals surface area contributed by atoms with Crippen LogP contribution in [0.2, 0.25) is 0 Å². The number of aliphatic carboxylic acids is 1. The fourth-order valence-electron chi connectivity index (χ4n) is 1.62. The number of carbonyl (C=O) groups excluding carboxylic acids is 1. The van der Waals surface area contributed by atoms with Crippen molar-refractivity contribution in [1.29, 1.82) is 0 Å². The molecule has 6 heteroatoms. The topological polar surface area (TPSA) is 96.2 Å². The van der Waals surface area contributed by atoms with Crippen LogP contribution in [0.15, 0.2) is 29.3 Å². The average molecular weight is 279 g/mol. The highest BCUT2D eigenvalue weighted by molar-refractivity contribution is 5.98. The van der Waals surface area contributed by atoms with E-state index < -0.39 is 18.0 Å². The number of hydrogen-bond donors (Lipinski definition) is 2. The maximum atomic E-state index is 11.3. The maximum absolute atomic E-state index is 11.3. The molecule has 108 valence electrons. The third kappa shape index (κ3) is 4.72. The molecular formula is C14H17NO5. The minimum absolute atomic E-state index is 0.0459. The van der Waals surface area contributed by atoms with Crippen molar-refractivity contribution in [2.24, 2.45) is 4.99 Å². The van der Waals surface area contributed by atoms with Gasteiger partial charge in [-0.3, -0.25) is 9.79 Å². The van der Waals surface area contributed by atoms with Crippen LogP contribution in [0, 0.1) is 0 Å². The second-order valence-electron chi connectivity index (χ2n) is 4.18. The van der Waals surface area contributed by atoms with Crippen LogP contribution in [0.25, 0.3) is 0 Å². The van der Waals surface area contributed by atoms with Gasteiger partial charge in [-0.1, -0.05) is 12.1 Å². The van der Waals surface area contributed by atoms with Gasteiger partial charge >= 0.3 is 11.9 Å². The van der Waals surface area contributed by atoms with E-state index in [0.717, 1.165) is 0 Å². The Morgan fingerprint density at radius 3 is 2.40 bits per heavy atom. The molecule has 0 saturated heterocycles. The minimum Gasteiger partial charge on any atom is -0.508 e. The van der Waals surface area contributed by atoms with E-state index in [2.05, 4.69) is 4.99 Å². The van der Waals surface area contributed by atoms with E-state index >= 15 is 0 Å². The SMILES string of the molecule is CCOC(=O)CC(C)=NC(C(=O)O)c1ccc(O)cc1.